The first-order chi connectivity index (χ1) is 9.37. The highest BCUT2D eigenvalue weighted by Gasteiger charge is 2.41. The van der Waals surface area contributed by atoms with E-state index in [9.17, 15) is 18.3 Å². The van der Waals surface area contributed by atoms with E-state index in [-0.39, 0.29) is 17.1 Å². The van der Waals surface area contributed by atoms with Crippen LogP contribution in [-0.2, 0) is 16.3 Å². The molecule has 1 aromatic rings. The SMILES string of the molecule is O=C(O)c1ccc2c(c1)CCN2C1CS(=O)(=O)CC1O. The van der Waals surface area contributed by atoms with E-state index in [0.717, 1.165) is 11.3 Å². The molecule has 6 nitrogen and oxygen atoms in total. The van der Waals surface area contributed by atoms with Gasteiger partial charge in [-0.05, 0) is 30.2 Å². The lowest BCUT2D eigenvalue weighted by molar-refractivity contribution is 0.0696. The normalized spacial score (nSPS) is 27.6. The topological polar surface area (TPSA) is 94.9 Å². The van der Waals surface area contributed by atoms with Crippen molar-refractivity contribution in [2.24, 2.45) is 0 Å². The molecule has 1 aromatic carbocycles. The molecule has 1 saturated heterocycles. The standard InChI is InChI=1S/C13H15NO5S/c15-12-7-20(18,19)6-11(12)14-4-3-8-5-9(13(16)17)1-2-10(8)14/h1-2,5,11-12,15H,3-4,6-7H2,(H,16,17). The van der Waals surface area contributed by atoms with Crippen LogP contribution in [0.1, 0.15) is 15.9 Å². The molecule has 0 radical (unpaired) electrons. The number of sulfone groups is 1. The van der Waals surface area contributed by atoms with Gasteiger partial charge in [-0.1, -0.05) is 0 Å². The van der Waals surface area contributed by atoms with Crippen LogP contribution in [0.15, 0.2) is 18.2 Å². The number of nitrogens with zero attached hydrogens (tertiary/aromatic N) is 1. The molecule has 2 aliphatic heterocycles. The first-order valence-electron chi connectivity index (χ1n) is 6.39. The van der Waals surface area contributed by atoms with Gasteiger partial charge in [0.15, 0.2) is 9.84 Å². The summed E-state index contributed by atoms with van der Waals surface area (Å²) in [5, 5.41) is 18.9. The average Bonchev–Trinajstić information content (AvgIpc) is 2.88. The van der Waals surface area contributed by atoms with Gasteiger partial charge in [-0.3, -0.25) is 0 Å². The summed E-state index contributed by atoms with van der Waals surface area (Å²) in [5.41, 5.74) is 1.95. The van der Waals surface area contributed by atoms with Crippen LogP contribution in [0, 0.1) is 0 Å². The summed E-state index contributed by atoms with van der Waals surface area (Å²) in [5.74, 6) is -1.22. The maximum atomic E-state index is 11.6. The fraction of sp³-hybridized carbons (Fsp3) is 0.462. The van der Waals surface area contributed by atoms with Crippen LogP contribution >= 0.6 is 0 Å². The lowest BCUT2D eigenvalue weighted by Crippen LogP contribution is -2.42. The molecule has 0 spiro atoms. The Morgan fingerprint density at radius 1 is 1.30 bits per heavy atom. The molecular formula is C13H15NO5S. The molecule has 0 saturated carbocycles. The summed E-state index contributed by atoms with van der Waals surface area (Å²) in [6, 6.07) is 4.39. The Labute approximate surface area is 116 Å². The molecule has 2 unspecified atom stereocenters. The Kier molecular flexibility index (Phi) is 2.98. The van der Waals surface area contributed by atoms with Gasteiger partial charge >= 0.3 is 5.97 Å². The maximum absolute atomic E-state index is 11.6. The summed E-state index contributed by atoms with van der Waals surface area (Å²) in [7, 11) is -3.19. The molecule has 2 N–H and O–H groups in total. The van der Waals surface area contributed by atoms with Gasteiger partial charge in [0.2, 0.25) is 0 Å². The van der Waals surface area contributed by atoms with Crippen molar-refractivity contribution in [3.05, 3.63) is 29.3 Å². The Morgan fingerprint density at radius 3 is 2.65 bits per heavy atom. The number of carboxylic acids is 1. The lowest BCUT2D eigenvalue weighted by Gasteiger charge is -2.28. The number of carbonyl (C=O) groups is 1. The Morgan fingerprint density at radius 2 is 2.05 bits per heavy atom. The number of carboxylic acid groups (broad SMARTS) is 1. The van der Waals surface area contributed by atoms with Gasteiger partial charge in [0.1, 0.15) is 0 Å². The molecule has 0 amide bonds. The number of aliphatic hydroxyl groups excluding tert-OH is 1. The largest absolute Gasteiger partial charge is 0.478 e. The smallest absolute Gasteiger partial charge is 0.335 e. The lowest BCUT2D eigenvalue weighted by atomic mass is 10.1. The molecule has 2 atom stereocenters. The second kappa shape index (κ2) is 4.46. The van der Waals surface area contributed by atoms with Gasteiger partial charge in [-0.25, -0.2) is 13.2 Å². The molecule has 0 bridgehead atoms. The van der Waals surface area contributed by atoms with Gasteiger partial charge in [-0.2, -0.15) is 0 Å². The third kappa shape index (κ3) is 2.16. The van der Waals surface area contributed by atoms with Crippen molar-refractivity contribution in [3.63, 3.8) is 0 Å². The minimum atomic E-state index is -3.19. The summed E-state index contributed by atoms with van der Waals surface area (Å²) in [6.45, 7) is 0.607. The fourth-order valence-corrected chi connectivity index (χ4v) is 4.81. The quantitative estimate of drug-likeness (QED) is 0.792. The number of aromatic carboxylic acids is 1. The second-order valence-corrected chi connectivity index (χ2v) is 7.46. The first-order valence-corrected chi connectivity index (χ1v) is 8.21. The molecule has 7 heteroatoms. The van der Waals surface area contributed by atoms with Crippen LogP contribution in [0.4, 0.5) is 5.69 Å². The van der Waals surface area contributed by atoms with Crippen molar-refractivity contribution in [2.45, 2.75) is 18.6 Å². The van der Waals surface area contributed by atoms with Crippen molar-refractivity contribution < 1.29 is 23.4 Å². The van der Waals surface area contributed by atoms with Crippen LogP contribution in [0.25, 0.3) is 0 Å². The average molecular weight is 297 g/mol. The molecule has 1 fully saturated rings. The van der Waals surface area contributed by atoms with Crippen LogP contribution in [0.2, 0.25) is 0 Å². The van der Waals surface area contributed by atoms with E-state index in [2.05, 4.69) is 0 Å². The van der Waals surface area contributed by atoms with Crippen LogP contribution in [-0.4, -0.2) is 54.8 Å². The Hall–Kier alpha value is -1.60. The fourth-order valence-electron chi connectivity index (χ4n) is 3.01. The number of anilines is 1. The van der Waals surface area contributed by atoms with Crippen molar-refractivity contribution in [1.29, 1.82) is 0 Å². The minimum absolute atomic E-state index is 0.0473. The van der Waals surface area contributed by atoms with Gasteiger partial charge in [0.05, 0.1) is 29.2 Å². The Balaban J connectivity index is 1.92. The van der Waals surface area contributed by atoms with E-state index in [1.165, 1.54) is 6.07 Å². The minimum Gasteiger partial charge on any atom is -0.478 e. The monoisotopic (exact) mass is 297 g/mol. The number of hydrogen-bond donors (Lipinski definition) is 2. The van der Waals surface area contributed by atoms with Crippen molar-refractivity contribution in [1.82, 2.24) is 0 Å². The van der Waals surface area contributed by atoms with Crippen molar-refractivity contribution in [3.8, 4) is 0 Å². The molecule has 2 heterocycles. The predicted molar refractivity (Wildman–Crippen MR) is 72.9 cm³/mol. The molecular weight excluding hydrogens is 282 g/mol. The van der Waals surface area contributed by atoms with Crippen LogP contribution in [0.5, 0.6) is 0 Å². The van der Waals surface area contributed by atoms with Crippen molar-refractivity contribution >= 4 is 21.5 Å². The number of rotatable bonds is 2. The molecule has 108 valence electrons. The molecule has 20 heavy (non-hydrogen) atoms. The van der Waals surface area contributed by atoms with E-state index in [0.29, 0.717) is 13.0 Å². The third-order valence-electron chi connectivity index (χ3n) is 3.95. The van der Waals surface area contributed by atoms with E-state index >= 15 is 0 Å². The Bertz CT molecular complexity index is 669. The van der Waals surface area contributed by atoms with Gasteiger partial charge in [0.25, 0.3) is 0 Å². The van der Waals surface area contributed by atoms with Crippen LogP contribution < -0.4 is 4.90 Å². The highest BCUT2D eigenvalue weighted by molar-refractivity contribution is 7.91. The summed E-state index contributed by atoms with van der Waals surface area (Å²) >= 11 is 0. The number of fused-ring (bicyclic) bond motifs is 1. The summed E-state index contributed by atoms with van der Waals surface area (Å²) in [6.07, 6.45) is -0.218. The maximum Gasteiger partial charge on any atom is 0.335 e. The highest BCUT2D eigenvalue weighted by Crippen LogP contribution is 2.33. The summed E-state index contributed by atoms with van der Waals surface area (Å²) < 4.78 is 23.2. The summed E-state index contributed by atoms with van der Waals surface area (Å²) in [4.78, 5) is 12.8. The zero-order valence-corrected chi connectivity index (χ0v) is 11.5. The second-order valence-electron chi connectivity index (χ2n) is 5.30. The van der Waals surface area contributed by atoms with E-state index in [4.69, 9.17) is 5.11 Å². The number of hydrogen-bond acceptors (Lipinski definition) is 5. The van der Waals surface area contributed by atoms with Gasteiger partial charge in [0, 0.05) is 12.2 Å². The van der Waals surface area contributed by atoms with Gasteiger partial charge < -0.3 is 15.1 Å². The highest BCUT2D eigenvalue weighted by atomic mass is 32.2. The first kappa shape index (κ1) is 13.4. The molecule has 2 aliphatic rings. The third-order valence-corrected chi connectivity index (χ3v) is 5.65. The van der Waals surface area contributed by atoms with E-state index in [1.54, 1.807) is 12.1 Å². The van der Waals surface area contributed by atoms with E-state index in [1.807, 2.05) is 4.90 Å². The van der Waals surface area contributed by atoms with Gasteiger partial charge in [-0.15, -0.1) is 0 Å². The van der Waals surface area contributed by atoms with E-state index < -0.39 is 28.0 Å². The zero-order chi connectivity index (χ0) is 14.5. The van der Waals surface area contributed by atoms with Crippen LogP contribution in [0.3, 0.4) is 0 Å². The molecule has 3 rings (SSSR count). The number of aliphatic hydroxyl groups is 1. The zero-order valence-electron chi connectivity index (χ0n) is 10.7. The molecule has 0 aromatic heterocycles. The predicted octanol–water partition coefficient (Wildman–Crippen LogP) is -0.0948. The molecule has 0 aliphatic carbocycles. The van der Waals surface area contributed by atoms with Crippen molar-refractivity contribution in [2.75, 3.05) is 23.0 Å². The number of benzene rings is 1.